The summed E-state index contributed by atoms with van der Waals surface area (Å²) in [6.07, 6.45) is 90.2. The Morgan fingerprint density at radius 3 is 0.720 bits per heavy atom. The molecule has 0 spiro atoms. The standard InChI is InChI=1S/C76H140O6/c1-4-7-10-13-16-19-22-25-28-30-32-33-34-35-36-37-38-39-40-41-42-43-45-46-48-51-54-57-60-63-66-69-75(78)81-72-73(71-80-74(77)68-65-62-59-56-53-50-27-24-21-18-15-12-9-6-3)82-76(79)70-67-64-61-58-55-52-49-47-44-31-29-26-23-20-17-14-11-8-5-2/h17,20,24,26-27,29,44,47,73H,4-16,18-19,21-23,25,28,30-43,45-46,48-72H2,1-3H3/b20-17-,27-24-,29-26-,47-44-. The quantitative estimate of drug-likeness (QED) is 0.0261. The molecule has 0 saturated heterocycles. The third-order valence-electron chi connectivity index (χ3n) is 16.6. The molecule has 0 aliphatic carbocycles. The summed E-state index contributed by atoms with van der Waals surface area (Å²) in [5.74, 6) is -0.874. The molecule has 0 aromatic heterocycles. The normalized spacial score (nSPS) is 12.3. The summed E-state index contributed by atoms with van der Waals surface area (Å²) in [6, 6.07) is 0. The van der Waals surface area contributed by atoms with Crippen molar-refractivity contribution in [2.75, 3.05) is 13.2 Å². The molecule has 0 saturated carbocycles. The molecular formula is C76H140O6. The molecule has 82 heavy (non-hydrogen) atoms. The van der Waals surface area contributed by atoms with Gasteiger partial charge in [-0.05, 0) is 83.5 Å². The zero-order valence-corrected chi connectivity index (χ0v) is 55.3. The minimum Gasteiger partial charge on any atom is -0.462 e. The third kappa shape index (κ3) is 68.2. The van der Waals surface area contributed by atoms with Gasteiger partial charge in [-0.15, -0.1) is 0 Å². The van der Waals surface area contributed by atoms with E-state index in [1.54, 1.807) is 0 Å². The van der Waals surface area contributed by atoms with E-state index in [0.717, 1.165) is 89.9 Å². The molecule has 0 heterocycles. The van der Waals surface area contributed by atoms with Crippen LogP contribution in [-0.2, 0) is 28.6 Å². The number of carbonyl (C=O) groups excluding carboxylic acids is 3. The average molecular weight is 1150 g/mol. The molecule has 0 aromatic rings. The Bertz CT molecular complexity index is 1410. The van der Waals surface area contributed by atoms with E-state index in [-0.39, 0.29) is 31.1 Å². The molecule has 0 bridgehead atoms. The van der Waals surface area contributed by atoms with Crippen LogP contribution in [-0.4, -0.2) is 37.2 Å². The Labute approximate surface area is 511 Å². The number of rotatable bonds is 68. The molecule has 1 atom stereocenters. The molecule has 0 radical (unpaired) electrons. The van der Waals surface area contributed by atoms with Crippen LogP contribution in [0.15, 0.2) is 48.6 Å². The molecule has 6 heteroatoms. The van der Waals surface area contributed by atoms with E-state index in [1.165, 1.54) is 270 Å². The van der Waals surface area contributed by atoms with Crippen molar-refractivity contribution in [3.8, 4) is 0 Å². The van der Waals surface area contributed by atoms with Gasteiger partial charge in [0.2, 0.25) is 0 Å². The van der Waals surface area contributed by atoms with Crippen LogP contribution in [0.5, 0.6) is 0 Å². The second-order valence-electron chi connectivity index (χ2n) is 24.9. The van der Waals surface area contributed by atoms with Gasteiger partial charge in [0.25, 0.3) is 0 Å². The van der Waals surface area contributed by atoms with E-state index >= 15 is 0 Å². The number of carbonyl (C=O) groups is 3. The zero-order chi connectivity index (χ0) is 59.2. The lowest BCUT2D eigenvalue weighted by Gasteiger charge is -2.18. The molecule has 0 aromatic carbocycles. The number of allylic oxidation sites excluding steroid dienone is 8. The predicted octanol–water partition coefficient (Wildman–Crippen LogP) is 25.3. The van der Waals surface area contributed by atoms with Crippen LogP contribution >= 0.6 is 0 Å². The van der Waals surface area contributed by atoms with E-state index in [2.05, 4.69) is 69.4 Å². The van der Waals surface area contributed by atoms with Crippen molar-refractivity contribution < 1.29 is 28.6 Å². The van der Waals surface area contributed by atoms with Crippen LogP contribution in [0.4, 0.5) is 0 Å². The first-order valence-electron chi connectivity index (χ1n) is 36.6. The Balaban J connectivity index is 4.18. The fourth-order valence-electron chi connectivity index (χ4n) is 11.0. The lowest BCUT2D eigenvalue weighted by molar-refractivity contribution is -0.167. The third-order valence-corrected chi connectivity index (χ3v) is 16.6. The first-order chi connectivity index (χ1) is 40.5. The lowest BCUT2D eigenvalue weighted by Crippen LogP contribution is -2.30. The van der Waals surface area contributed by atoms with Crippen LogP contribution in [0.2, 0.25) is 0 Å². The zero-order valence-electron chi connectivity index (χ0n) is 55.3. The van der Waals surface area contributed by atoms with Gasteiger partial charge in [0.1, 0.15) is 13.2 Å². The van der Waals surface area contributed by atoms with Gasteiger partial charge >= 0.3 is 17.9 Å². The van der Waals surface area contributed by atoms with Crippen molar-refractivity contribution in [3.63, 3.8) is 0 Å². The van der Waals surface area contributed by atoms with Gasteiger partial charge in [0.05, 0.1) is 0 Å². The Kier molecular flexibility index (Phi) is 68.6. The smallest absolute Gasteiger partial charge is 0.306 e. The van der Waals surface area contributed by atoms with Crippen molar-refractivity contribution >= 4 is 17.9 Å². The van der Waals surface area contributed by atoms with Gasteiger partial charge in [-0.3, -0.25) is 14.4 Å². The van der Waals surface area contributed by atoms with Crippen molar-refractivity contribution in [1.82, 2.24) is 0 Å². The molecule has 0 N–H and O–H groups in total. The summed E-state index contributed by atoms with van der Waals surface area (Å²) in [7, 11) is 0. The first-order valence-corrected chi connectivity index (χ1v) is 36.6. The molecule has 0 fully saturated rings. The Morgan fingerprint density at radius 2 is 0.439 bits per heavy atom. The number of esters is 3. The maximum absolute atomic E-state index is 12.9. The highest BCUT2D eigenvalue weighted by atomic mass is 16.6. The second-order valence-corrected chi connectivity index (χ2v) is 24.9. The van der Waals surface area contributed by atoms with Crippen LogP contribution in [0, 0.1) is 0 Å². The molecule has 480 valence electrons. The van der Waals surface area contributed by atoms with Crippen LogP contribution in [0.25, 0.3) is 0 Å². The highest BCUT2D eigenvalue weighted by Crippen LogP contribution is 2.19. The van der Waals surface area contributed by atoms with Gasteiger partial charge in [-0.2, -0.15) is 0 Å². The molecule has 0 amide bonds. The van der Waals surface area contributed by atoms with Crippen molar-refractivity contribution in [3.05, 3.63) is 48.6 Å². The fourth-order valence-corrected chi connectivity index (χ4v) is 11.0. The van der Waals surface area contributed by atoms with Gasteiger partial charge < -0.3 is 14.2 Å². The largest absolute Gasteiger partial charge is 0.462 e. The lowest BCUT2D eigenvalue weighted by atomic mass is 10.0. The van der Waals surface area contributed by atoms with Crippen LogP contribution < -0.4 is 0 Å². The monoisotopic (exact) mass is 1150 g/mol. The number of unbranched alkanes of at least 4 members (excludes halogenated alkanes) is 49. The van der Waals surface area contributed by atoms with Gasteiger partial charge in [-0.25, -0.2) is 0 Å². The summed E-state index contributed by atoms with van der Waals surface area (Å²) < 4.78 is 17.0. The van der Waals surface area contributed by atoms with Crippen LogP contribution in [0.1, 0.15) is 400 Å². The summed E-state index contributed by atoms with van der Waals surface area (Å²) in [5, 5.41) is 0. The molecule has 6 nitrogen and oxygen atoms in total. The van der Waals surface area contributed by atoms with Crippen LogP contribution in [0.3, 0.4) is 0 Å². The van der Waals surface area contributed by atoms with E-state index in [0.29, 0.717) is 19.3 Å². The predicted molar refractivity (Wildman–Crippen MR) is 358 cm³/mol. The summed E-state index contributed by atoms with van der Waals surface area (Å²) in [6.45, 7) is 6.65. The van der Waals surface area contributed by atoms with Crippen molar-refractivity contribution in [1.29, 1.82) is 0 Å². The molecule has 0 aliphatic rings. The summed E-state index contributed by atoms with van der Waals surface area (Å²) in [4.78, 5) is 38.4. The molecule has 0 aliphatic heterocycles. The van der Waals surface area contributed by atoms with Gasteiger partial charge in [-0.1, -0.05) is 345 Å². The summed E-state index contributed by atoms with van der Waals surface area (Å²) in [5.41, 5.74) is 0. The number of ether oxygens (including phenoxy) is 3. The van der Waals surface area contributed by atoms with E-state index < -0.39 is 6.10 Å². The maximum atomic E-state index is 12.9. The highest BCUT2D eigenvalue weighted by molar-refractivity contribution is 5.71. The van der Waals surface area contributed by atoms with Gasteiger partial charge in [0.15, 0.2) is 6.10 Å². The average Bonchev–Trinajstić information content (AvgIpc) is 3.47. The number of hydrogen-bond acceptors (Lipinski definition) is 6. The molecule has 1 unspecified atom stereocenters. The SMILES string of the molecule is CCCCC/C=C\C/C=C\C/C=C\CCCCCCCCC(=O)OC(COC(=O)CCCCCCC/C=C\CCCCCCC)COC(=O)CCCCCCCCCCCCCCCCCCCCCCCCCCCCCCCCC. The topological polar surface area (TPSA) is 78.9 Å². The van der Waals surface area contributed by atoms with Crippen molar-refractivity contribution in [2.24, 2.45) is 0 Å². The molecular weight excluding hydrogens is 1010 g/mol. The minimum atomic E-state index is -0.784. The summed E-state index contributed by atoms with van der Waals surface area (Å²) >= 11 is 0. The van der Waals surface area contributed by atoms with E-state index in [1.807, 2.05) is 0 Å². The Hall–Kier alpha value is -2.63. The number of hydrogen-bond donors (Lipinski definition) is 0. The first kappa shape index (κ1) is 79.4. The molecule has 0 rings (SSSR count). The fraction of sp³-hybridized carbons (Fsp3) is 0.855. The Morgan fingerprint density at radius 1 is 0.244 bits per heavy atom. The van der Waals surface area contributed by atoms with Gasteiger partial charge in [0, 0.05) is 19.3 Å². The highest BCUT2D eigenvalue weighted by Gasteiger charge is 2.19. The van der Waals surface area contributed by atoms with E-state index in [4.69, 9.17) is 14.2 Å². The van der Waals surface area contributed by atoms with E-state index in [9.17, 15) is 14.4 Å². The maximum Gasteiger partial charge on any atom is 0.306 e. The van der Waals surface area contributed by atoms with Crippen molar-refractivity contribution in [2.45, 2.75) is 406 Å². The minimum absolute atomic E-state index is 0.0773. The second kappa shape index (κ2) is 70.9.